The number of aryl methyl sites for hydroxylation is 1. The van der Waals surface area contributed by atoms with Gasteiger partial charge in [-0.1, -0.05) is 25.5 Å². The van der Waals surface area contributed by atoms with E-state index in [1.165, 1.54) is 12.0 Å². The molecule has 0 amide bonds. The lowest BCUT2D eigenvalue weighted by Crippen LogP contribution is -1.94. The van der Waals surface area contributed by atoms with E-state index in [4.69, 9.17) is 0 Å². The van der Waals surface area contributed by atoms with Gasteiger partial charge < -0.3 is 5.32 Å². The number of pyridine rings is 1. The molecule has 88 valence electrons. The van der Waals surface area contributed by atoms with Crippen molar-refractivity contribution in [2.45, 2.75) is 19.8 Å². The van der Waals surface area contributed by atoms with Crippen LogP contribution in [-0.4, -0.2) is 4.98 Å². The van der Waals surface area contributed by atoms with E-state index >= 15 is 0 Å². The van der Waals surface area contributed by atoms with E-state index < -0.39 is 0 Å². The standard InChI is InChI=1S/C14H15BrN2/c1-2-4-11-6-8-12(9-7-11)17-14-13(15)5-3-10-16-14/h3,5-10H,2,4H2,1H3,(H,16,17). The summed E-state index contributed by atoms with van der Waals surface area (Å²) in [5.41, 5.74) is 2.43. The largest absolute Gasteiger partial charge is 0.339 e. The number of hydrogen-bond acceptors (Lipinski definition) is 2. The lowest BCUT2D eigenvalue weighted by atomic mass is 10.1. The predicted octanol–water partition coefficient (Wildman–Crippen LogP) is 4.54. The second-order valence-electron chi connectivity index (χ2n) is 3.91. The Balaban J connectivity index is 2.11. The van der Waals surface area contributed by atoms with Gasteiger partial charge in [-0.15, -0.1) is 0 Å². The van der Waals surface area contributed by atoms with Crippen molar-refractivity contribution in [3.63, 3.8) is 0 Å². The Morgan fingerprint density at radius 1 is 1.18 bits per heavy atom. The van der Waals surface area contributed by atoms with Gasteiger partial charge in [-0.2, -0.15) is 0 Å². The quantitative estimate of drug-likeness (QED) is 0.894. The summed E-state index contributed by atoms with van der Waals surface area (Å²) in [5, 5.41) is 3.28. The van der Waals surface area contributed by atoms with Crippen LogP contribution in [0, 0.1) is 0 Å². The van der Waals surface area contributed by atoms with E-state index in [-0.39, 0.29) is 0 Å². The maximum absolute atomic E-state index is 4.27. The number of benzene rings is 1. The lowest BCUT2D eigenvalue weighted by molar-refractivity contribution is 0.922. The van der Waals surface area contributed by atoms with E-state index in [0.717, 1.165) is 22.4 Å². The van der Waals surface area contributed by atoms with Gasteiger partial charge in [0.05, 0.1) is 4.47 Å². The van der Waals surface area contributed by atoms with Crippen molar-refractivity contribution < 1.29 is 0 Å². The van der Waals surface area contributed by atoms with E-state index in [2.05, 4.69) is 57.4 Å². The summed E-state index contributed by atoms with van der Waals surface area (Å²) < 4.78 is 0.970. The van der Waals surface area contributed by atoms with Crippen LogP contribution in [0.15, 0.2) is 47.1 Å². The molecule has 1 N–H and O–H groups in total. The maximum atomic E-state index is 4.27. The highest BCUT2D eigenvalue weighted by molar-refractivity contribution is 9.10. The average Bonchev–Trinajstić information content (AvgIpc) is 2.35. The second kappa shape index (κ2) is 5.82. The van der Waals surface area contributed by atoms with Crippen molar-refractivity contribution in [3.05, 3.63) is 52.6 Å². The van der Waals surface area contributed by atoms with Gasteiger partial charge in [0.1, 0.15) is 5.82 Å². The van der Waals surface area contributed by atoms with Gasteiger partial charge >= 0.3 is 0 Å². The smallest absolute Gasteiger partial charge is 0.144 e. The fourth-order valence-electron chi connectivity index (χ4n) is 1.66. The number of halogens is 1. The molecule has 0 aliphatic carbocycles. The van der Waals surface area contributed by atoms with Crippen LogP contribution in [0.25, 0.3) is 0 Å². The molecule has 1 heterocycles. The Hall–Kier alpha value is -1.35. The first-order valence-electron chi connectivity index (χ1n) is 5.76. The second-order valence-corrected chi connectivity index (χ2v) is 4.76. The Morgan fingerprint density at radius 2 is 1.94 bits per heavy atom. The normalized spacial score (nSPS) is 10.2. The molecule has 0 bridgehead atoms. The molecular weight excluding hydrogens is 276 g/mol. The monoisotopic (exact) mass is 290 g/mol. The molecule has 0 saturated carbocycles. The van der Waals surface area contributed by atoms with E-state index in [9.17, 15) is 0 Å². The summed E-state index contributed by atoms with van der Waals surface area (Å²) in [5.74, 6) is 0.843. The maximum Gasteiger partial charge on any atom is 0.144 e. The molecule has 0 aliphatic rings. The summed E-state index contributed by atoms with van der Waals surface area (Å²) in [6.45, 7) is 2.19. The fraction of sp³-hybridized carbons (Fsp3) is 0.214. The molecule has 0 aliphatic heterocycles. The third-order valence-electron chi connectivity index (χ3n) is 2.51. The number of aromatic nitrogens is 1. The molecule has 2 nitrogen and oxygen atoms in total. The molecule has 17 heavy (non-hydrogen) atoms. The number of anilines is 2. The van der Waals surface area contributed by atoms with Crippen molar-refractivity contribution in [2.75, 3.05) is 5.32 Å². The first kappa shape index (κ1) is 12.1. The minimum absolute atomic E-state index is 0.843. The molecule has 1 aromatic carbocycles. The van der Waals surface area contributed by atoms with Gasteiger partial charge in [-0.25, -0.2) is 4.98 Å². The van der Waals surface area contributed by atoms with Crippen molar-refractivity contribution in [1.29, 1.82) is 0 Å². The summed E-state index contributed by atoms with van der Waals surface area (Å²) in [6.07, 6.45) is 4.09. The Kier molecular flexibility index (Phi) is 4.15. The SMILES string of the molecule is CCCc1ccc(Nc2ncccc2Br)cc1. The van der Waals surface area contributed by atoms with Crippen LogP contribution in [0.1, 0.15) is 18.9 Å². The van der Waals surface area contributed by atoms with E-state index in [1.54, 1.807) is 6.20 Å². The van der Waals surface area contributed by atoms with Crippen LogP contribution in [0.5, 0.6) is 0 Å². The predicted molar refractivity (Wildman–Crippen MR) is 75.7 cm³/mol. The average molecular weight is 291 g/mol. The highest BCUT2D eigenvalue weighted by Gasteiger charge is 2.00. The van der Waals surface area contributed by atoms with Crippen molar-refractivity contribution in [2.24, 2.45) is 0 Å². The van der Waals surface area contributed by atoms with Gasteiger partial charge in [0.2, 0.25) is 0 Å². The van der Waals surface area contributed by atoms with Crippen molar-refractivity contribution >= 4 is 27.4 Å². The first-order valence-corrected chi connectivity index (χ1v) is 6.55. The highest BCUT2D eigenvalue weighted by Crippen LogP contribution is 2.23. The Morgan fingerprint density at radius 3 is 2.59 bits per heavy atom. The summed E-state index contributed by atoms with van der Waals surface area (Å²) >= 11 is 3.47. The number of nitrogens with zero attached hydrogens (tertiary/aromatic N) is 1. The van der Waals surface area contributed by atoms with Crippen LogP contribution >= 0.6 is 15.9 Å². The van der Waals surface area contributed by atoms with Crippen LogP contribution in [0.4, 0.5) is 11.5 Å². The lowest BCUT2D eigenvalue weighted by Gasteiger charge is -2.07. The molecule has 0 atom stereocenters. The van der Waals surface area contributed by atoms with Crippen LogP contribution < -0.4 is 5.32 Å². The minimum Gasteiger partial charge on any atom is -0.339 e. The van der Waals surface area contributed by atoms with Crippen LogP contribution in [0.2, 0.25) is 0 Å². The summed E-state index contributed by atoms with van der Waals surface area (Å²) in [4.78, 5) is 4.27. The Labute approximate surface area is 110 Å². The third-order valence-corrected chi connectivity index (χ3v) is 3.15. The minimum atomic E-state index is 0.843. The zero-order chi connectivity index (χ0) is 12.1. The van der Waals surface area contributed by atoms with Crippen molar-refractivity contribution in [1.82, 2.24) is 4.98 Å². The zero-order valence-electron chi connectivity index (χ0n) is 9.78. The van der Waals surface area contributed by atoms with Gasteiger partial charge in [0.25, 0.3) is 0 Å². The summed E-state index contributed by atoms with van der Waals surface area (Å²) in [6, 6.07) is 12.4. The number of rotatable bonds is 4. The number of hydrogen-bond donors (Lipinski definition) is 1. The molecule has 0 fully saturated rings. The molecule has 0 saturated heterocycles. The summed E-state index contributed by atoms with van der Waals surface area (Å²) in [7, 11) is 0. The van der Waals surface area contributed by atoms with Gasteiger partial charge in [-0.3, -0.25) is 0 Å². The van der Waals surface area contributed by atoms with Gasteiger partial charge in [0.15, 0.2) is 0 Å². The molecule has 1 aromatic heterocycles. The molecule has 0 spiro atoms. The molecule has 3 heteroatoms. The van der Waals surface area contributed by atoms with E-state index in [1.807, 2.05) is 12.1 Å². The fourth-order valence-corrected chi connectivity index (χ4v) is 2.01. The molecule has 2 aromatic rings. The molecule has 0 radical (unpaired) electrons. The van der Waals surface area contributed by atoms with E-state index in [0.29, 0.717) is 0 Å². The highest BCUT2D eigenvalue weighted by atomic mass is 79.9. The molecular formula is C14H15BrN2. The van der Waals surface area contributed by atoms with Gasteiger partial charge in [-0.05, 0) is 52.2 Å². The zero-order valence-corrected chi connectivity index (χ0v) is 11.4. The van der Waals surface area contributed by atoms with Crippen LogP contribution in [0.3, 0.4) is 0 Å². The topological polar surface area (TPSA) is 24.9 Å². The molecule has 2 rings (SSSR count). The van der Waals surface area contributed by atoms with Crippen molar-refractivity contribution in [3.8, 4) is 0 Å². The third kappa shape index (κ3) is 3.30. The van der Waals surface area contributed by atoms with Crippen LogP contribution in [-0.2, 0) is 6.42 Å². The molecule has 0 unspecified atom stereocenters. The van der Waals surface area contributed by atoms with Gasteiger partial charge in [0, 0.05) is 11.9 Å². The first-order chi connectivity index (χ1) is 8.29. The Bertz CT molecular complexity index is 480. The number of nitrogens with one attached hydrogen (secondary N) is 1.